The summed E-state index contributed by atoms with van der Waals surface area (Å²) in [4.78, 5) is 38.7. The first-order chi connectivity index (χ1) is 16.5. The number of fused-ring (bicyclic) bond motifs is 3. The Labute approximate surface area is 197 Å². The van der Waals surface area contributed by atoms with Crippen LogP contribution in [0.4, 0.5) is 4.79 Å². The fraction of sp³-hybridized carbons (Fsp3) is 0.222. The van der Waals surface area contributed by atoms with Crippen LogP contribution in [0.25, 0.3) is 11.1 Å². The normalized spacial score (nSPS) is 17.2. The third kappa shape index (κ3) is 3.90. The standard InChI is InChI=1S/C27H24N2O5/c30-25(29-15-14-23(29)26(31)32)24(17-8-2-1-3-9-17)28-27(33)34-16-22-20-12-6-4-10-18(20)19-11-5-7-13-21(19)22/h1-13,22-24H,14-16H2,(H,28,33)(H,31,32)/t23?,24-/m1/s1. The molecule has 0 spiro atoms. The lowest BCUT2D eigenvalue weighted by Crippen LogP contribution is -2.58. The number of carbonyl (C=O) groups excluding carboxylic acids is 2. The van der Waals surface area contributed by atoms with Crippen molar-refractivity contribution in [2.75, 3.05) is 13.2 Å². The smallest absolute Gasteiger partial charge is 0.408 e. The van der Waals surface area contributed by atoms with Crippen LogP contribution in [0.2, 0.25) is 0 Å². The van der Waals surface area contributed by atoms with Crippen LogP contribution in [0, 0.1) is 0 Å². The van der Waals surface area contributed by atoms with E-state index in [0.29, 0.717) is 18.5 Å². The summed E-state index contributed by atoms with van der Waals surface area (Å²) in [5.41, 5.74) is 5.01. The molecular formula is C27H24N2O5. The molecule has 1 unspecified atom stereocenters. The first kappa shape index (κ1) is 21.7. The number of likely N-dealkylation sites (tertiary alicyclic amines) is 1. The number of carboxylic acids is 1. The van der Waals surface area contributed by atoms with Crippen molar-refractivity contribution in [2.24, 2.45) is 0 Å². The third-order valence-electron chi connectivity index (χ3n) is 6.57. The lowest BCUT2D eigenvalue weighted by atomic mass is 9.98. The predicted molar refractivity (Wildman–Crippen MR) is 125 cm³/mol. The molecule has 0 bridgehead atoms. The lowest BCUT2D eigenvalue weighted by molar-refractivity contribution is -0.158. The Morgan fingerprint density at radius 2 is 1.50 bits per heavy atom. The van der Waals surface area contributed by atoms with Crippen LogP contribution in [-0.2, 0) is 14.3 Å². The van der Waals surface area contributed by atoms with Gasteiger partial charge in [-0.15, -0.1) is 0 Å². The van der Waals surface area contributed by atoms with Crippen LogP contribution in [0.3, 0.4) is 0 Å². The molecular weight excluding hydrogens is 432 g/mol. The van der Waals surface area contributed by atoms with Crippen LogP contribution < -0.4 is 5.32 Å². The average Bonchev–Trinajstić information content (AvgIpc) is 3.14. The molecule has 2 amide bonds. The number of aliphatic carboxylic acids is 1. The van der Waals surface area contributed by atoms with Gasteiger partial charge in [-0.3, -0.25) is 4.79 Å². The molecule has 0 saturated carbocycles. The highest BCUT2D eigenvalue weighted by molar-refractivity contribution is 5.91. The minimum atomic E-state index is -1.05. The summed E-state index contributed by atoms with van der Waals surface area (Å²) < 4.78 is 5.61. The van der Waals surface area contributed by atoms with E-state index in [-0.39, 0.29) is 12.5 Å². The van der Waals surface area contributed by atoms with Gasteiger partial charge in [-0.05, 0) is 34.2 Å². The Morgan fingerprint density at radius 3 is 2.06 bits per heavy atom. The van der Waals surface area contributed by atoms with E-state index in [2.05, 4.69) is 17.4 Å². The highest BCUT2D eigenvalue weighted by Gasteiger charge is 2.41. The minimum Gasteiger partial charge on any atom is -0.480 e. The number of benzene rings is 3. The number of nitrogens with zero attached hydrogens (tertiary/aromatic N) is 1. The van der Waals surface area contributed by atoms with Gasteiger partial charge >= 0.3 is 12.1 Å². The minimum absolute atomic E-state index is 0.101. The highest BCUT2D eigenvalue weighted by Crippen LogP contribution is 2.44. The SMILES string of the molecule is O=C(N[C@@H](C(=O)N1CCC1C(=O)O)c1ccccc1)OCC1c2ccccc2-c2ccccc21. The molecule has 1 aliphatic heterocycles. The number of ether oxygens (including phenoxy) is 1. The molecule has 7 heteroatoms. The second-order valence-corrected chi connectivity index (χ2v) is 8.49. The summed E-state index contributed by atoms with van der Waals surface area (Å²) in [6, 6.07) is 23.0. The van der Waals surface area contributed by atoms with E-state index in [0.717, 1.165) is 22.3 Å². The van der Waals surface area contributed by atoms with Gasteiger partial charge in [-0.1, -0.05) is 78.9 Å². The van der Waals surface area contributed by atoms with Crippen LogP contribution in [-0.4, -0.2) is 47.2 Å². The van der Waals surface area contributed by atoms with Gasteiger partial charge in [0.15, 0.2) is 0 Å². The van der Waals surface area contributed by atoms with Gasteiger partial charge in [0.25, 0.3) is 5.91 Å². The molecule has 2 aliphatic rings. The van der Waals surface area contributed by atoms with Gasteiger partial charge < -0.3 is 20.1 Å². The summed E-state index contributed by atoms with van der Waals surface area (Å²) >= 11 is 0. The summed E-state index contributed by atoms with van der Waals surface area (Å²) in [5.74, 6) is -1.61. The van der Waals surface area contributed by atoms with E-state index in [1.807, 2.05) is 42.5 Å². The van der Waals surface area contributed by atoms with E-state index in [1.165, 1.54) is 4.90 Å². The fourth-order valence-corrected chi connectivity index (χ4v) is 4.76. The number of amides is 2. The molecule has 1 fully saturated rings. The maximum absolute atomic E-state index is 13.2. The zero-order chi connectivity index (χ0) is 23.7. The van der Waals surface area contributed by atoms with Gasteiger partial charge in [0, 0.05) is 12.5 Å². The van der Waals surface area contributed by atoms with Gasteiger partial charge in [-0.25, -0.2) is 9.59 Å². The number of carboxylic acid groups (broad SMARTS) is 1. The largest absolute Gasteiger partial charge is 0.480 e. The van der Waals surface area contributed by atoms with E-state index in [9.17, 15) is 19.5 Å². The molecule has 1 aliphatic carbocycles. The second-order valence-electron chi connectivity index (χ2n) is 8.49. The van der Waals surface area contributed by atoms with Gasteiger partial charge in [0.2, 0.25) is 0 Å². The molecule has 0 aromatic heterocycles. The lowest BCUT2D eigenvalue weighted by Gasteiger charge is -2.40. The third-order valence-corrected chi connectivity index (χ3v) is 6.57. The molecule has 1 heterocycles. The van der Waals surface area contributed by atoms with E-state index < -0.39 is 30.1 Å². The molecule has 5 rings (SSSR count). The van der Waals surface area contributed by atoms with Crippen molar-refractivity contribution in [1.29, 1.82) is 0 Å². The average molecular weight is 456 g/mol. The number of hydrogen-bond acceptors (Lipinski definition) is 4. The molecule has 2 N–H and O–H groups in total. The molecule has 172 valence electrons. The molecule has 1 saturated heterocycles. The zero-order valence-electron chi connectivity index (χ0n) is 18.4. The summed E-state index contributed by atoms with van der Waals surface area (Å²) in [5, 5.41) is 12.0. The van der Waals surface area contributed by atoms with Gasteiger partial charge in [-0.2, -0.15) is 0 Å². The number of hydrogen-bond donors (Lipinski definition) is 2. The van der Waals surface area contributed by atoms with Crippen molar-refractivity contribution in [3.63, 3.8) is 0 Å². The molecule has 7 nitrogen and oxygen atoms in total. The van der Waals surface area contributed by atoms with Gasteiger partial charge in [0.05, 0.1) is 0 Å². The number of rotatable bonds is 6. The van der Waals surface area contributed by atoms with E-state index >= 15 is 0 Å². The topological polar surface area (TPSA) is 95.9 Å². The first-order valence-electron chi connectivity index (χ1n) is 11.2. The van der Waals surface area contributed by atoms with Crippen LogP contribution in [0.15, 0.2) is 78.9 Å². The number of carbonyl (C=O) groups is 3. The van der Waals surface area contributed by atoms with Crippen molar-refractivity contribution in [3.8, 4) is 11.1 Å². The maximum Gasteiger partial charge on any atom is 0.408 e. The van der Waals surface area contributed by atoms with Crippen molar-refractivity contribution in [3.05, 3.63) is 95.6 Å². The highest BCUT2D eigenvalue weighted by atomic mass is 16.5. The van der Waals surface area contributed by atoms with Crippen molar-refractivity contribution < 1.29 is 24.2 Å². The second kappa shape index (κ2) is 9.02. The predicted octanol–water partition coefficient (Wildman–Crippen LogP) is 3.95. The van der Waals surface area contributed by atoms with E-state index in [1.54, 1.807) is 24.3 Å². The molecule has 2 atom stereocenters. The summed E-state index contributed by atoms with van der Waals surface area (Å²) in [6.45, 7) is 0.461. The molecule has 0 radical (unpaired) electrons. The maximum atomic E-state index is 13.2. The molecule has 34 heavy (non-hydrogen) atoms. The van der Waals surface area contributed by atoms with Crippen LogP contribution in [0.5, 0.6) is 0 Å². The Kier molecular flexibility index (Phi) is 5.76. The number of alkyl carbamates (subject to hydrolysis) is 1. The fourth-order valence-electron chi connectivity index (χ4n) is 4.76. The number of nitrogens with one attached hydrogen (secondary N) is 1. The van der Waals surface area contributed by atoms with Crippen molar-refractivity contribution >= 4 is 18.0 Å². The Bertz CT molecular complexity index is 1200. The Morgan fingerprint density at radius 1 is 0.912 bits per heavy atom. The zero-order valence-corrected chi connectivity index (χ0v) is 18.4. The van der Waals surface area contributed by atoms with Crippen LogP contribution in [0.1, 0.15) is 35.1 Å². The summed E-state index contributed by atoms with van der Waals surface area (Å²) in [7, 11) is 0. The quantitative estimate of drug-likeness (QED) is 0.586. The monoisotopic (exact) mass is 456 g/mol. The van der Waals surface area contributed by atoms with E-state index in [4.69, 9.17) is 4.74 Å². The first-order valence-corrected chi connectivity index (χ1v) is 11.2. The van der Waals surface area contributed by atoms with Gasteiger partial charge in [0.1, 0.15) is 18.7 Å². The molecule has 3 aromatic rings. The van der Waals surface area contributed by atoms with Crippen LogP contribution >= 0.6 is 0 Å². The summed E-state index contributed by atoms with van der Waals surface area (Å²) in [6.07, 6.45) is -0.329. The van der Waals surface area contributed by atoms with Crippen molar-refractivity contribution in [1.82, 2.24) is 10.2 Å². The van der Waals surface area contributed by atoms with Crippen molar-refractivity contribution in [2.45, 2.75) is 24.4 Å². The molecule has 3 aromatic carbocycles. The Hall–Kier alpha value is -4.13. The Balaban J connectivity index is 1.32.